The fourth-order valence-electron chi connectivity index (χ4n) is 5.88. The zero-order valence-corrected chi connectivity index (χ0v) is 21.2. The number of rotatable bonds is 5. The maximum atomic E-state index is 13.6. The molecule has 0 radical (unpaired) electrons. The minimum absolute atomic E-state index is 0.0692. The van der Waals surface area contributed by atoms with Crippen molar-refractivity contribution >= 4 is 16.9 Å². The lowest BCUT2D eigenvalue weighted by atomic mass is 9.80. The average Bonchev–Trinajstić information content (AvgIpc) is 3.40. The molecule has 4 heterocycles. The second-order valence-corrected chi connectivity index (χ2v) is 10.5. The SMILES string of the molecule is O=C([C@@H]1CCNC[C@H]1c1ccccc1)N1CCC(O)(Cn2cnc3c(cnn3-c3ccccc3)c2=O)CC1. The van der Waals surface area contributed by atoms with E-state index in [1.165, 1.54) is 22.7 Å². The van der Waals surface area contributed by atoms with Crippen molar-refractivity contribution in [2.24, 2.45) is 5.92 Å². The maximum Gasteiger partial charge on any atom is 0.264 e. The predicted molar refractivity (Wildman–Crippen MR) is 144 cm³/mol. The number of hydrogen-bond donors (Lipinski definition) is 2. The zero-order valence-electron chi connectivity index (χ0n) is 21.2. The van der Waals surface area contributed by atoms with Crippen molar-refractivity contribution in [3.63, 3.8) is 0 Å². The van der Waals surface area contributed by atoms with Gasteiger partial charge in [-0.1, -0.05) is 48.5 Å². The molecule has 2 aromatic heterocycles. The highest BCUT2D eigenvalue weighted by atomic mass is 16.3. The van der Waals surface area contributed by atoms with Crippen LogP contribution in [-0.2, 0) is 11.3 Å². The van der Waals surface area contributed by atoms with Crippen molar-refractivity contribution in [2.75, 3.05) is 26.2 Å². The van der Waals surface area contributed by atoms with Crippen molar-refractivity contribution in [1.29, 1.82) is 0 Å². The molecular weight excluding hydrogens is 480 g/mol. The number of carbonyl (C=O) groups excluding carboxylic acids is 1. The maximum absolute atomic E-state index is 13.6. The van der Waals surface area contributed by atoms with Crippen LogP contribution in [0.1, 0.15) is 30.7 Å². The topological polar surface area (TPSA) is 105 Å². The van der Waals surface area contributed by atoms with E-state index in [1.54, 1.807) is 4.68 Å². The summed E-state index contributed by atoms with van der Waals surface area (Å²) in [7, 11) is 0. The third-order valence-electron chi connectivity index (χ3n) is 8.05. The van der Waals surface area contributed by atoms with Crippen LogP contribution in [-0.4, -0.2) is 67.0 Å². The van der Waals surface area contributed by atoms with Gasteiger partial charge in [0, 0.05) is 31.5 Å². The van der Waals surface area contributed by atoms with Crippen LogP contribution < -0.4 is 10.9 Å². The Labute approximate surface area is 220 Å². The summed E-state index contributed by atoms with van der Waals surface area (Å²) in [6.45, 7) is 2.69. The number of carbonyl (C=O) groups is 1. The summed E-state index contributed by atoms with van der Waals surface area (Å²) in [6, 6.07) is 19.8. The van der Waals surface area contributed by atoms with Crippen molar-refractivity contribution in [2.45, 2.75) is 37.3 Å². The van der Waals surface area contributed by atoms with Gasteiger partial charge < -0.3 is 15.3 Å². The number of nitrogens with one attached hydrogen (secondary N) is 1. The van der Waals surface area contributed by atoms with Gasteiger partial charge in [-0.05, 0) is 43.5 Å². The molecule has 6 rings (SSSR count). The fourth-order valence-corrected chi connectivity index (χ4v) is 5.88. The molecule has 2 aromatic carbocycles. The lowest BCUT2D eigenvalue weighted by Gasteiger charge is -2.41. The number of hydrogen-bond acceptors (Lipinski definition) is 6. The van der Waals surface area contributed by atoms with Gasteiger partial charge in [-0.15, -0.1) is 0 Å². The molecule has 9 heteroatoms. The molecule has 2 fully saturated rings. The summed E-state index contributed by atoms with van der Waals surface area (Å²) in [6.07, 6.45) is 4.64. The molecule has 1 amide bonds. The summed E-state index contributed by atoms with van der Waals surface area (Å²) < 4.78 is 3.11. The Morgan fingerprint density at radius 2 is 1.76 bits per heavy atom. The van der Waals surface area contributed by atoms with E-state index in [1.807, 2.05) is 53.4 Å². The zero-order chi connectivity index (χ0) is 26.1. The van der Waals surface area contributed by atoms with Crippen molar-refractivity contribution < 1.29 is 9.90 Å². The Balaban J connectivity index is 1.15. The summed E-state index contributed by atoms with van der Waals surface area (Å²) in [5, 5.41) is 19.6. The van der Waals surface area contributed by atoms with Crippen molar-refractivity contribution in [1.82, 2.24) is 29.5 Å². The number of nitrogens with zero attached hydrogens (tertiary/aromatic N) is 5. The van der Waals surface area contributed by atoms with E-state index < -0.39 is 5.60 Å². The molecule has 2 aliphatic heterocycles. The van der Waals surface area contributed by atoms with Crippen LogP contribution in [0.2, 0.25) is 0 Å². The largest absolute Gasteiger partial charge is 0.388 e. The highest BCUT2D eigenvalue weighted by Gasteiger charge is 2.39. The molecule has 2 saturated heterocycles. The third-order valence-corrected chi connectivity index (χ3v) is 8.05. The van der Waals surface area contributed by atoms with Crippen LogP contribution in [0.3, 0.4) is 0 Å². The van der Waals surface area contributed by atoms with E-state index in [0.29, 0.717) is 37.0 Å². The van der Waals surface area contributed by atoms with Gasteiger partial charge in [0.1, 0.15) is 11.7 Å². The van der Waals surface area contributed by atoms with Crippen LogP contribution in [0.5, 0.6) is 0 Å². The first-order valence-corrected chi connectivity index (χ1v) is 13.3. The molecule has 0 bridgehead atoms. The second-order valence-electron chi connectivity index (χ2n) is 10.5. The number of benzene rings is 2. The number of aromatic nitrogens is 4. The minimum atomic E-state index is -1.08. The molecule has 0 saturated carbocycles. The molecule has 2 N–H and O–H groups in total. The Morgan fingerprint density at radius 3 is 2.50 bits per heavy atom. The van der Waals surface area contributed by atoms with Gasteiger partial charge in [0.25, 0.3) is 5.56 Å². The first kappa shape index (κ1) is 24.5. The van der Waals surface area contributed by atoms with Gasteiger partial charge in [0.2, 0.25) is 5.91 Å². The minimum Gasteiger partial charge on any atom is -0.388 e. The number of fused-ring (bicyclic) bond motifs is 1. The number of amides is 1. The predicted octanol–water partition coefficient (Wildman–Crippen LogP) is 2.33. The monoisotopic (exact) mass is 512 g/mol. The molecule has 0 unspecified atom stereocenters. The van der Waals surface area contributed by atoms with E-state index in [-0.39, 0.29) is 29.8 Å². The highest BCUT2D eigenvalue weighted by Crippen LogP contribution is 2.33. The van der Waals surface area contributed by atoms with Gasteiger partial charge in [-0.25, -0.2) is 9.67 Å². The number of likely N-dealkylation sites (tertiary alicyclic amines) is 1. The van der Waals surface area contributed by atoms with E-state index in [2.05, 4.69) is 27.5 Å². The number of piperidine rings is 2. The van der Waals surface area contributed by atoms with E-state index in [4.69, 9.17) is 0 Å². The number of aliphatic hydroxyl groups is 1. The van der Waals surface area contributed by atoms with Gasteiger partial charge in [-0.3, -0.25) is 14.2 Å². The summed E-state index contributed by atoms with van der Waals surface area (Å²) >= 11 is 0. The quantitative estimate of drug-likeness (QED) is 0.425. The van der Waals surface area contributed by atoms with Crippen molar-refractivity contribution in [3.8, 4) is 5.69 Å². The first-order valence-electron chi connectivity index (χ1n) is 13.3. The molecule has 4 aromatic rings. The van der Waals surface area contributed by atoms with Crippen LogP contribution in [0.4, 0.5) is 0 Å². The third kappa shape index (κ3) is 4.63. The highest BCUT2D eigenvalue weighted by molar-refractivity contribution is 5.80. The molecule has 9 nitrogen and oxygen atoms in total. The van der Waals surface area contributed by atoms with E-state index >= 15 is 0 Å². The van der Waals surface area contributed by atoms with Crippen LogP contribution in [0.25, 0.3) is 16.7 Å². The Morgan fingerprint density at radius 1 is 1.05 bits per heavy atom. The van der Waals surface area contributed by atoms with Crippen molar-refractivity contribution in [3.05, 3.63) is 89.1 Å². The smallest absolute Gasteiger partial charge is 0.264 e. The Kier molecular flexibility index (Phi) is 6.55. The van der Waals surface area contributed by atoms with E-state index in [0.717, 1.165) is 25.2 Å². The van der Waals surface area contributed by atoms with E-state index in [9.17, 15) is 14.7 Å². The number of para-hydroxylation sites is 1. The molecule has 2 atom stereocenters. The molecular formula is C29H32N6O3. The van der Waals surface area contributed by atoms with Gasteiger partial charge in [0.05, 0.1) is 24.0 Å². The lowest BCUT2D eigenvalue weighted by molar-refractivity contribution is -0.141. The molecule has 0 aliphatic carbocycles. The standard InChI is InChI=1S/C29H32N6O3/c36-27(23-11-14-30-17-24(23)21-7-3-1-4-8-21)33-15-12-29(38,13-16-33)19-34-20-31-26-25(28(34)37)18-32-35(26)22-9-5-2-6-10-22/h1-10,18,20,23-24,30,38H,11-17,19H2/t23-,24+/m1/s1. The normalized spacial score (nSPS) is 21.4. The second kappa shape index (κ2) is 10.2. The summed E-state index contributed by atoms with van der Waals surface area (Å²) in [5.74, 6) is 0.239. The van der Waals surface area contributed by atoms with Crippen LogP contribution in [0.15, 0.2) is 78.0 Å². The lowest BCUT2D eigenvalue weighted by Crippen LogP contribution is -2.52. The summed E-state index contributed by atoms with van der Waals surface area (Å²) in [4.78, 5) is 33.2. The van der Waals surface area contributed by atoms with Gasteiger partial charge in [0.15, 0.2) is 5.65 Å². The first-order chi connectivity index (χ1) is 18.5. The molecule has 38 heavy (non-hydrogen) atoms. The molecule has 2 aliphatic rings. The Bertz CT molecular complexity index is 1470. The van der Waals surface area contributed by atoms with Crippen LogP contribution in [0, 0.1) is 5.92 Å². The average molecular weight is 513 g/mol. The fraction of sp³-hybridized carbons (Fsp3) is 0.379. The van der Waals surface area contributed by atoms with Crippen LogP contribution >= 0.6 is 0 Å². The Hall–Kier alpha value is -3.82. The molecule has 196 valence electrons. The summed E-state index contributed by atoms with van der Waals surface area (Å²) in [5.41, 5.74) is 1.18. The van der Waals surface area contributed by atoms with Gasteiger partial charge in [-0.2, -0.15) is 5.10 Å². The molecule has 0 spiro atoms. The van der Waals surface area contributed by atoms with Gasteiger partial charge >= 0.3 is 0 Å².